The second-order valence-electron chi connectivity index (χ2n) is 4.37. The van der Waals surface area contributed by atoms with Crippen molar-refractivity contribution in [1.82, 2.24) is 10.3 Å². The molecular formula is C13H19ClN2O2. The standard InChI is InChI=1S/C13H18N2O2.ClH/c16-13(12-5-1-2-7-15-12)10-17-9-11-4-3-6-14-8-11;/h1-2,5,7,11,14H,3-4,6,8-10H2;1H. The Hall–Kier alpha value is -0.970. The molecule has 0 saturated carbocycles. The molecule has 18 heavy (non-hydrogen) atoms. The molecule has 1 aliphatic heterocycles. The zero-order chi connectivity index (χ0) is 11.9. The van der Waals surface area contributed by atoms with Crippen LogP contribution in [0.25, 0.3) is 0 Å². The molecule has 0 bridgehead atoms. The first kappa shape index (κ1) is 15.1. The van der Waals surface area contributed by atoms with Crippen molar-refractivity contribution in [3.05, 3.63) is 30.1 Å². The van der Waals surface area contributed by atoms with E-state index < -0.39 is 0 Å². The van der Waals surface area contributed by atoms with Gasteiger partial charge in [-0.3, -0.25) is 9.78 Å². The van der Waals surface area contributed by atoms with Crippen LogP contribution < -0.4 is 5.32 Å². The Labute approximate surface area is 114 Å². The lowest BCUT2D eigenvalue weighted by molar-refractivity contribution is 0.0641. The Kier molecular flexibility index (Phi) is 6.86. The highest BCUT2D eigenvalue weighted by atomic mass is 35.5. The number of carbonyl (C=O) groups is 1. The van der Waals surface area contributed by atoms with Gasteiger partial charge in [0.05, 0.1) is 6.61 Å². The Bertz CT molecular complexity index is 353. The lowest BCUT2D eigenvalue weighted by Crippen LogP contribution is -2.32. The Morgan fingerprint density at radius 2 is 2.39 bits per heavy atom. The quantitative estimate of drug-likeness (QED) is 0.828. The average molecular weight is 271 g/mol. The van der Waals surface area contributed by atoms with Crippen molar-refractivity contribution in [1.29, 1.82) is 0 Å². The molecule has 1 atom stereocenters. The summed E-state index contributed by atoms with van der Waals surface area (Å²) >= 11 is 0. The number of nitrogens with one attached hydrogen (secondary N) is 1. The van der Waals surface area contributed by atoms with Crippen molar-refractivity contribution < 1.29 is 9.53 Å². The van der Waals surface area contributed by atoms with Crippen LogP contribution in [-0.4, -0.2) is 37.1 Å². The first-order valence-corrected chi connectivity index (χ1v) is 6.09. The van der Waals surface area contributed by atoms with Gasteiger partial charge in [-0.2, -0.15) is 0 Å². The van der Waals surface area contributed by atoms with Crippen LogP contribution in [-0.2, 0) is 4.74 Å². The summed E-state index contributed by atoms with van der Waals surface area (Å²) in [5, 5.41) is 3.33. The molecule has 0 amide bonds. The molecule has 0 aromatic carbocycles. The van der Waals surface area contributed by atoms with Gasteiger partial charge in [-0.05, 0) is 37.4 Å². The summed E-state index contributed by atoms with van der Waals surface area (Å²) in [6.07, 6.45) is 4.01. The summed E-state index contributed by atoms with van der Waals surface area (Å²) in [7, 11) is 0. The van der Waals surface area contributed by atoms with E-state index in [9.17, 15) is 4.79 Å². The van der Waals surface area contributed by atoms with Crippen LogP contribution in [0, 0.1) is 5.92 Å². The number of ketones is 1. The fourth-order valence-electron chi connectivity index (χ4n) is 1.99. The van der Waals surface area contributed by atoms with Crippen LogP contribution in [0.5, 0.6) is 0 Å². The predicted molar refractivity (Wildman–Crippen MR) is 72.2 cm³/mol. The number of halogens is 1. The molecule has 1 aliphatic rings. The van der Waals surface area contributed by atoms with E-state index in [1.807, 2.05) is 6.07 Å². The molecule has 1 unspecified atom stereocenters. The highest BCUT2D eigenvalue weighted by molar-refractivity contribution is 5.95. The number of piperidine rings is 1. The average Bonchev–Trinajstić information content (AvgIpc) is 2.41. The zero-order valence-electron chi connectivity index (χ0n) is 10.3. The van der Waals surface area contributed by atoms with Gasteiger partial charge in [-0.25, -0.2) is 0 Å². The SMILES string of the molecule is Cl.O=C(COCC1CCCNC1)c1ccccn1. The highest BCUT2D eigenvalue weighted by Gasteiger charge is 2.14. The Morgan fingerprint density at radius 1 is 1.50 bits per heavy atom. The molecule has 1 aromatic rings. The highest BCUT2D eigenvalue weighted by Crippen LogP contribution is 2.10. The van der Waals surface area contributed by atoms with Crippen molar-refractivity contribution >= 4 is 18.2 Å². The maximum Gasteiger partial charge on any atom is 0.206 e. The van der Waals surface area contributed by atoms with Gasteiger partial charge in [-0.1, -0.05) is 6.07 Å². The number of carbonyl (C=O) groups excluding carboxylic acids is 1. The lowest BCUT2D eigenvalue weighted by Gasteiger charge is -2.22. The minimum Gasteiger partial charge on any atom is -0.373 e. The van der Waals surface area contributed by atoms with Crippen molar-refractivity contribution in [3.63, 3.8) is 0 Å². The molecular weight excluding hydrogens is 252 g/mol. The third-order valence-corrected chi connectivity index (χ3v) is 2.94. The summed E-state index contributed by atoms with van der Waals surface area (Å²) in [5.41, 5.74) is 0.481. The molecule has 1 N–H and O–H groups in total. The van der Waals surface area contributed by atoms with E-state index in [1.165, 1.54) is 12.8 Å². The molecule has 1 aromatic heterocycles. The van der Waals surface area contributed by atoms with E-state index in [0.717, 1.165) is 13.1 Å². The Balaban J connectivity index is 0.00000162. The molecule has 0 radical (unpaired) electrons. The third kappa shape index (κ3) is 4.72. The van der Waals surface area contributed by atoms with Crippen molar-refractivity contribution in [2.75, 3.05) is 26.3 Å². The summed E-state index contributed by atoms with van der Waals surface area (Å²) in [6.45, 7) is 2.89. The van der Waals surface area contributed by atoms with E-state index in [4.69, 9.17) is 4.74 Å². The fourth-order valence-corrected chi connectivity index (χ4v) is 1.99. The van der Waals surface area contributed by atoms with Crippen molar-refractivity contribution in [3.8, 4) is 0 Å². The summed E-state index contributed by atoms with van der Waals surface area (Å²) in [5.74, 6) is 0.495. The maximum absolute atomic E-state index is 11.7. The van der Waals surface area contributed by atoms with Crippen LogP contribution in [0.2, 0.25) is 0 Å². The van der Waals surface area contributed by atoms with Crippen molar-refractivity contribution in [2.45, 2.75) is 12.8 Å². The number of aromatic nitrogens is 1. The molecule has 5 heteroatoms. The largest absolute Gasteiger partial charge is 0.373 e. The molecule has 4 nitrogen and oxygen atoms in total. The normalized spacial score (nSPS) is 19.0. The van der Waals surface area contributed by atoms with E-state index in [2.05, 4.69) is 10.3 Å². The third-order valence-electron chi connectivity index (χ3n) is 2.94. The second kappa shape index (κ2) is 8.19. The smallest absolute Gasteiger partial charge is 0.206 e. The lowest BCUT2D eigenvalue weighted by atomic mass is 10.0. The van der Waals surface area contributed by atoms with Gasteiger partial charge in [0.2, 0.25) is 5.78 Å². The fraction of sp³-hybridized carbons (Fsp3) is 0.538. The molecule has 0 spiro atoms. The summed E-state index contributed by atoms with van der Waals surface area (Å²) in [4.78, 5) is 15.7. The first-order chi connectivity index (χ1) is 8.36. The summed E-state index contributed by atoms with van der Waals surface area (Å²) in [6, 6.07) is 5.32. The number of ether oxygens (including phenoxy) is 1. The number of hydrogen-bond donors (Lipinski definition) is 1. The minimum atomic E-state index is -0.0469. The van der Waals surface area contributed by atoms with Gasteiger partial charge < -0.3 is 10.1 Å². The van der Waals surface area contributed by atoms with E-state index >= 15 is 0 Å². The molecule has 1 saturated heterocycles. The van der Waals surface area contributed by atoms with Gasteiger partial charge in [0.25, 0.3) is 0 Å². The van der Waals surface area contributed by atoms with Crippen LogP contribution in [0.3, 0.4) is 0 Å². The number of hydrogen-bond acceptors (Lipinski definition) is 4. The molecule has 0 aliphatic carbocycles. The van der Waals surface area contributed by atoms with E-state index in [1.54, 1.807) is 18.3 Å². The van der Waals surface area contributed by atoms with Gasteiger partial charge in [0.1, 0.15) is 12.3 Å². The van der Waals surface area contributed by atoms with Crippen LogP contribution in [0.15, 0.2) is 24.4 Å². The molecule has 2 heterocycles. The number of pyridine rings is 1. The molecule has 1 fully saturated rings. The second-order valence-corrected chi connectivity index (χ2v) is 4.37. The van der Waals surface area contributed by atoms with E-state index in [0.29, 0.717) is 18.2 Å². The first-order valence-electron chi connectivity index (χ1n) is 6.09. The number of rotatable bonds is 5. The number of nitrogens with zero attached hydrogens (tertiary/aromatic N) is 1. The Morgan fingerprint density at radius 3 is 3.06 bits per heavy atom. The maximum atomic E-state index is 11.7. The van der Waals surface area contributed by atoms with Gasteiger partial charge in [0.15, 0.2) is 0 Å². The predicted octanol–water partition coefficient (Wildman–Crippen LogP) is 1.70. The summed E-state index contributed by atoms with van der Waals surface area (Å²) < 4.78 is 5.46. The van der Waals surface area contributed by atoms with Gasteiger partial charge >= 0.3 is 0 Å². The monoisotopic (exact) mass is 270 g/mol. The van der Waals surface area contributed by atoms with E-state index in [-0.39, 0.29) is 24.8 Å². The van der Waals surface area contributed by atoms with Crippen molar-refractivity contribution in [2.24, 2.45) is 5.92 Å². The van der Waals surface area contributed by atoms with Gasteiger partial charge in [0, 0.05) is 12.7 Å². The van der Waals surface area contributed by atoms with Crippen LogP contribution in [0.4, 0.5) is 0 Å². The van der Waals surface area contributed by atoms with Gasteiger partial charge in [-0.15, -0.1) is 12.4 Å². The number of Topliss-reactive ketones (excluding diaryl/α,β-unsaturated/α-hetero) is 1. The van der Waals surface area contributed by atoms with Crippen LogP contribution >= 0.6 is 12.4 Å². The molecule has 100 valence electrons. The molecule has 2 rings (SSSR count). The minimum absolute atomic E-state index is 0. The zero-order valence-corrected chi connectivity index (χ0v) is 11.1. The topological polar surface area (TPSA) is 51.2 Å². The van der Waals surface area contributed by atoms with Crippen LogP contribution in [0.1, 0.15) is 23.3 Å².